The molecule has 2 rings (SSSR count). The maximum absolute atomic E-state index is 13.1. The van der Waals surface area contributed by atoms with Gasteiger partial charge in [0.05, 0.1) is 5.02 Å². The van der Waals surface area contributed by atoms with E-state index in [1.165, 1.54) is 17.2 Å². The van der Waals surface area contributed by atoms with E-state index in [1.807, 2.05) is 0 Å². The molecule has 0 radical (unpaired) electrons. The molecular weight excluding hydrogens is 261 g/mol. The van der Waals surface area contributed by atoms with Crippen molar-refractivity contribution < 1.29 is 4.39 Å². The van der Waals surface area contributed by atoms with Crippen LogP contribution in [0.5, 0.6) is 0 Å². The van der Waals surface area contributed by atoms with Crippen LogP contribution in [-0.4, -0.2) is 0 Å². The third kappa shape index (κ3) is 3.79. The topological polar surface area (TPSA) is 12.0 Å². The van der Waals surface area contributed by atoms with Gasteiger partial charge in [0, 0.05) is 12.6 Å². The fourth-order valence-electron chi connectivity index (χ4n) is 1.98. The van der Waals surface area contributed by atoms with Crippen molar-refractivity contribution >= 4 is 11.6 Å². The van der Waals surface area contributed by atoms with Crippen molar-refractivity contribution in [2.45, 2.75) is 26.4 Å². The Morgan fingerprint density at radius 2 is 2.00 bits per heavy atom. The molecule has 1 atom stereocenters. The average molecular weight is 278 g/mol. The van der Waals surface area contributed by atoms with Crippen LogP contribution in [-0.2, 0) is 6.54 Å². The Morgan fingerprint density at radius 3 is 2.68 bits per heavy atom. The molecule has 0 aliphatic carbocycles. The zero-order valence-corrected chi connectivity index (χ0v) is 11.8. The van der Waals surface area contributed by atoms with Crippen LogP contribution in [0.25, 0.3) is 0 Å². The Hall–Kier alpha value is -1.38. The van der Waals surface area contributed by atoms with Gasteiger partial charge in [-0.15, -0.1) is 0 Å². The van der Waals surface area contributed by atoms with Crippen LogP contribution >= 0.6 is 11.6 Å². The van der Waals surface area contributed by atoms with Crippen molar-refractivity contribution in [1.82, 2.24) is 5.32 Å². The molecule has 19 heavy (non-hydrogen) atoms. The van der Waals surface area contributed by atoms with Crippen LogP contribution in [0.15, 0.2) is 42.5 Å². The number of benzene rings is 2. The number of hydrogen-bond acceptors (Lipinski definition) is 1. The van der Waals surface area contributed by atoms with Gasteiger partial charge in [0.2, 0.25) is 0 Å². The number of nitrogens with one attached hydrogen (secondary N) is 1. The SMILES string of the molecule is Cc1cccc([C@@H](C)NCc2ccc(F)c(Cl)c2)c1. The zero-order valence-electron chi connectivity index (χ0n) is 11.1. The first kappa shape index (κ1) is 14.0. The predicted molar refractivity (Wildman–Crippen MR) is 77.8 cm³/mol. The Balaban J connectivity index is 2.00. The smallest absolute Gasteiger partial charge is 0.141 e. The fourth-order valence-corrected chi connectivity index (χ4v) is 2.18. The Bertz CT molecular complexity index is 568. The van der Waals surface area contributed by atoms with Gasteiger partial charge in [0.1, 0.15) is 5.82 Å². The van der Waals surface area contributed by atoms with Crippen LogP contribution in [0.1, 0.15) is 29.7 Å². The summed E-state index contributed by atoms with van der Waals surface area (Å²) in [5.74, 6) is -0.378. The van der Waals surface area contributed by atoms with E-state index in [0.717, 1.165) is 5.56 Å². The minimum absolute atomic E-state index is 0.169. The molecule has 2 aromatic rings. The van der Waals surface area contributed by atoms with Crippen molar-refractivity contribution in [1.29, 1.82) is 0 Å². The Kier molecular flexibility index (Phi) is 4.56. The van der Waals surface area contributed by atoms with Crippen LogP contribution in [0.3, 0.4) is 0 Å². The van der Waals surface area contributed by atoms with Crippen LogP contribution in [0.4, 0.5) is 4.39 Å². The Labute approximate surface area is 118 Å². The highest BCUT2D eigenvalue weighted by molar-refractivity contribution is 6.30. The maximum atomic E-state index is 13.1. The molecule has 0 amide bonds. The second-order valence-electron chi connectivity index (χ2n) is 4.77. The lowest BCUT2D eigenvalue weighted by atomic mass is 10.1. The third-order valence-electron chi connectivity index (χ3n) is 3.14. The van der Waals surface area contributed by atoms with E-state index in [1.54, 1.807) is 12.1 Å². The van der Waals surface area contributed by atoms with Gasteiger partial charge in [0.25, 0.3) is 0 Å². The van der Waals surface area contributed by atoms with Crippen LogP contribution in [0, 0.1) is 12.7 Å². The summed E-state index contributed by atoms with van der Waals surface area (Å²) in [5, 5.41) is 3.58. The van der Waals surface area contributed by atoms with E-state index in [2.05, 4.69) is 43.4 Å². The van der Waals surface area contributed by atoms with Crippen LogP contribution in [0.2, 0.25) is 5.02 Å². The minimum Gasteiger partial charge on any atom is -0.306 e. The standard InChI is InChI=1S/C16H17ClFN/c1-11-4-3-5-14(8-11)12(2)19-10-13-6-7-16(18)15(17)9-13/h3-9,12,19H,10H2,1-2H3/t12-/m1/s1. The Morgan fingerprint density at radius 1 is 1.21 bits per heavy atom. The second-order valence-corrected chi connectivity index (χ2v) is 5.17. The molecule has 0 bridgehead atoms. The van der Waals surface area contributed by atoms with Crippen molar-refractivity contribution in [3.63, 3.8) is 0 Å². The van der Waals surface area contributed by atoms with E-state index in [0.29, 0.717) is 6.54 Å². The third-order valence-corrected chi connectivity index (χ3v) is 3.43. The first-order valence-corrected chi connectivity index (χ1v) is 6.68. The number of rotatable bonds is 4. The normalized spacial score (nSPS) is 12.4. The molecule has 0 aliphatic rings. The summed E-state index contributed by atoms with van der Waals surface area (Å²) in [7, 11) is 0. The van der Waals surface area contributed by atoms with Gasteiger partial charge in [-0.25, -0.2) is 4.39 Å². The van der Waals surface area contributed by atoms with Crippen molar-refractivity contribution in [2.24, 2.45) is 0 Å². The van der Waals surface area contributed by atoms with Crippen molar-refractivity contribution in [3.05, 3.63) is 70.0 Å². The summed E-state index contributed by atoms with van der Waals surface area (Å²) >= 11 is 5.76. The first-order chi connectivity index (χ1) is 9.06. The molecule has 0 saturated carbocycles. The molecule has 1 nitrogen and oxygen atoms in total. The summed E-state index contributed by atoms with van der Waals surface area (Å²) in [4.78, 5) is 0. The van der Waals surface area contributed by atoms with Gasteiger partial charge in [-0.3, -0.25) is 0 Å². The predicted octanol–water partition coefficient (Wildman–Crippen LogP) is 4.64. The van der Waals surface area contributed by atoms with E-state index in [4.69, 9.17) is 11.6 Å². The minimum atomic E-state index is -0.378. The number of hydrogen-bond donors (Lipinski definition) is 1. The number of halogens is 2. The summed E-state index contributed by atoms with van der Waals surface area (Å²) in [6, 6.07) is 13.4. The highest BCUT2D eigenvalue weighted by atomic mass is 35.5. The summed E-state index contributed by atoms with van der Waals surface area (Å²) in [6.45, 7) is 4.85. The van der Waals surface area contributed by atoms with Gasteiger partial charge in [-0.1, -0.05) is 47.5 Å². The molecule has 1 N–H and O–H groups in total. The fraction of sp³-hybridized carbons (Fsp3) is 0.250. The molecule has 0 heterocycles. The molecule has 3 heteroatoms. The quantitative estimate of drug-likeness (QED) is 0.858. The highest BCUT2D eigenvalue weighted by Gasteiger charge is 2.06. The van der Waals surface area contributed by atoms with Crippen LogP contribution < -0.4 is 5.32 Å². The maximum Gasteiger partial charge on any atom is 0.141 e. The summed E-state index contributed by atoms with van der Waals surface area (Å²) in [6.07, 6.45) is 0. The van der Waals surface area contributed by atoms with Gasteiger partial charge in [-0.05, 0) is 37.1 Å². The first-order valence-electron chi connectivity index (χ1n) is 6.30. The lowest BCUT2D eigenvalue weighted by molar-refractivity contribution is 0.572. The van der Waals surface area contributed by atoms with E-state index >= 15 is 0 Å². The molecule has 0 spiro atoms. The highest BCUT2D eigenvalue weighted by Crippen LogP contribution is 2.18. The summed E-state index contributed by atoms with van der Waals surface area (Å²) in [5.41, 5.74) is 3.47. The molecular formula is C16H17ClFN. The van der Waals surface area contributed by atoms with E-state index in [9.17, 15) is 4.39 Å². The monoisotopic (exact) mass is 277 g/mol. The van der Waals surface area contributed by atoms with Gasteiger partial charge < -0.3 is 5.32 Å². The molecule has 0 aliphatic heterocycles. The second kappa shape index (κ2) is 6.18. The molecule has 100 valence electrons. The van der Waals surface area contributed by atoms with Gasteiger partial charge >= 0.3 is 0 Å². The molecule has 0 saturated heterocycles. The zero-order chi connectivity index (χ0) is 13.8. The molecule has 0 unspecified atom stereocenters. The lowest BCUT2D eigenvalue weighted by Crippen LogP contribution is -2.18. The molecule has 2 aromatic carbocycles. The van der Waals surface area contributed by atoms with Crippen molar-refractivity contribution in [2.75, 3.05) is 0 Å². The van der Waals surface area contributed by atoms with Gasteiger partial charge in [-0.2, -0.15) is 0 Å². The van der Waals surface area contributed by atoms with Crippen molar-refractivity contribution in [3.8, 4) is 0 Å². The molecule has 0 fully saturated rings. The van der Waals surface area contributed by atoms with E-state index in [-0.39, 0.29) is 16.9 Å². The average Bonchev–Trinajstić information content (AvgIpc) is 2.40. The lowest BCUT2D eigenvalue weighted by Gasteiger charge is -2.15. The largest absolute Gasteiger partial charge is 0.306 e. The van der Waals surface area contributed by atoms with E-state index < -0.39 is 0 Å². The number of aryl methyl sites for hydroxylation is 1. The molecule has 0 aromatic heterocycles. The summed E-state index contributed by atoms with van der Waals surface area (Å²) < 4.78 is 13.1. The van der Waals surface area contributed by atoms with Gasteiger partial charge in [0.15, 0.2) is 0 Å².